The Morgan fingerprint density at radius 3 is 2.57 bits per heavy atom. The van der Waals surface area contributed by atoms with Crippen molar-refractivity contribution < 1.29 is 10.0 Å². The molecule has 0 saturated heterocycles. The average Bonchev–Trinajstić information content (AvgIpc) is 2.18. The molecule has 0 aliphatic heterocycles. The number of para-hydroxylation sites is 1. The third-order valence-electron chi connectivity index (χ3n) is 1.76. The van der Waals surface area contributed by atoms with Gasteiger partial charge in [0.15, 0.2) is 0 Å². The van der Waals surface area contributed by atoms with Crippen LogP contribution in [0, 0.1) is 10.1 Å². The highest BCUT2D eigenvalue weighted by molar-refractivity contribution is 5.42. The summed E-state index contributed by atoms with van der Waals surface area (Å²) >= 11 is 0. The molecular weight excluding hydrogens is 184 g/mol. The first kappa shape index (κ1) is 10.5. The summed E-state index contributed by atoms with van der Waals surface area (Å²) in [7, 11) is 0. The number of rotatable bonds is 5. The molecule has 1 atom stereocenters. The molecule has 1 rings (SSSR count). The van der Waals surface area contributed by atoms with Gasteiger partial charge >= 0.3 is 0 Å². The predicted octanol–water partition coefficient (Wildman–Crippen LogP) is 1.08. The monoisotopic (exact) mass is 196 g/mol. The van der Waals surface area contributed by atoms with E-state index in [9.17, 15) is 10.1 Å². The number of aliphatic hydroxyl groups is 1. The van der Waals surface area contributed by atoms with Gasteiger partial charge in [0.25, 0.3) is 6.17 Å². The lowest BCUT2D eigenvalue weighted by Gasteiger charge is -2.10. The van der Waals surface area contributed by atoms with Crippen LogP contribution in [0.1, 0.15) is 6.42 Å². The van der Waals surface area contributed by atoms with Crippen LogP contribution in [0.2, 0.25) is 0 Å². The highest BCUT2D eigenvalue weighted by atomic mass is 16.6. The minimum absolute atomic E-state index is 0.0991. The summed E-state index contributed by atoms with van der Waals surface area (Å²) in [6.45, 7) is -0.203. The van der Waals surface area contributed by atoms with Gasteiger partial charge in [-0.2, -0.15) is 0 Å². The van der Waals surface area contributed by atoms with Crippen molar-refractivity contribution in [3.63, 3.8) is 0 Å². The van der Waals surface area contributed by atoms with Crippen LogP contribution in [0.3, 0.4) is 0 Å². The first-order valence-electron chi connectivity index (χ1n) is 4.30. The molecule has 2 N–H and O–H groups in total. The van der Waals surface area contributed by atoms with E-state index in [0.717, 1.165) is 0 Å². The van der Waals surface area contributed by atoms with Gasteiger partial charge in [0.1, 0.15) is 0 Å². The van der Waals surface area contributed by atoms with E-state index in [-0.39, 0.29) is 13.0 Å². The molecule has 1 aromatic rings. The first-order valence-corrected chi connectivity index (χ1v) is 4.30. The second-order valence-corrected chi connectivity index (χ2v) is 2.82. The fourth-order valence-corrected chi connectivity index (χ4v) is 1.08. The molecule has 5 heteroatoms. The highest BCUT2D eigenvalue weighted by Crippen LogP contribution is 2.08. The molecule has 0 fully saturated rings. The number of hydrogen-bond acceptors (Lipinski definition) is 4. The third kappa shape index (κ3) is 3.02. The lowest BCUT2D eigenvalue weighted by atomic mass is 10.3. The molecule has 1 unspecified atom stereocenters. The third-order valence-corrected chi connectivity index (χ3v) is 1.76. The molecule has 0 radical (unpaired) electrons. The van der Waals surface area contributed by atoms with Gasteiger partial charge in [-0.1, -0.05) is 18.2 Å². The number of nitro groups is 1. The molecule has 76 valence electrons. The van der Waals surface area contributed by atoms with Crippen LogP contribution in [-0.2, 0) is 0 Å². The first-order chi connectivity index (χ1) is 6.74. The SMILES string of the molecule is O=[N+]([O-])C(CCO)Nc1ccccc1. The van der Waals surface area contributed by atoms with Crippen molar-refractivity contribution in [3.8, 4) is 0 Å². The minimum atomic E-state index is -0.928. The number of benzene rings is 1. The molecule has 0 bridgehead atoms. The van der Waals surface area contributed by atoms with Crippen LogP contribution >= 0.6 is 0 Å². The zero-order valence-electron chi connectivity index (χ0n) is 7.59. The van der Waals surface area contributed by atoms with Crippen LogP contribution in [-0.4, -0.2) is 22.8 Å². The molecular formula is C9H12N2O3. The predicted molar refractivity (Wildman–Crippen MR) is 52.5 cm³/mol. The molecule has 0 heterocycles. The average molecular weight is 196 g/mol. The van der Waals surface area contributed by atoms with E-state index in [1.807, 2.05) is 6.07 Å². The van der Waals surface area contributed by atoms with Gasteiger partial charge < -0.3 is 10.4 Å². The van der Waals surface area contributed by atoms with Crippen molar-refractivity contribution in [3.05, 3.63) is 40.4 Å². The van der Waals surface area contributed by atoms with Gasteiger partial charge in [-0.15, -0.1) is 0 Å². The number of anilines is 1. The van der Waals surface area contributed by atoms with Crippen molar-refractivity contribution in [2.24, 2.45) is 0 Å². The quantitative estimate of drug-likeness (QED) is 0.420. The summed E-state index contributed by atoms with van der Waals surface area (Å²) in [5.41, 5.74) is 0.683. The normalized spacial score (nSPS) is 12.1. The number of aliphatic hydroxyl groups excluding tert-OH is 1. The maximum Gasteiger partial charge on any atom is 0.286 e. The Hall–Kier alpha value is -1.62. The van der Waals surface area contributed by atoms with Crippen molar-refractivity contribution >= 4 is 5.69 Å². The molecule has 1 aromatic carbocycles. The van der Waals surface area contributed by atoms with Gasteiger partial charge in [-0.3, -0.25) is 10.1 Å². The van der Waals surface area contributed by atoms with Crippen molar-refractivity contribution in [1.82, 2.24) is 0 Å². The standard InChI is InChI=1S/C9H12N2O3/c12-7-6-9(11(13)14)10-8-4-2-1-3-5-8/h1-5,9-10,12H,6-7H2. The smallest absolute Gasteiger partial charge is 0.286 e. The maximum atomic E-state index is 10.5. The van der Waals surface area contributed by atoms with Crippen LogP contribution in [0.15, 0.2) is 30.3 Å². The Morgan fingerprint density at radius 2 is 2.07 bits per heavy atom. The second-order valence-electron chi connectivity index (χ2n) is 2.82. The number of hydrogen-bond donors (Lipinski definition) is 2. The molecule has 5 nitrogen and oxygen atoms in total. The fraction of sp³-hybridized carbons (Fsp3) is 0.333. The van der Waals surface area contributed by atoms with E-state index in [4.69, 9.17) is 5.11 Å². The summed E-state index contributed by atoms with van der Waals surface area (Å²) in [5.74, 6) is 0. The lowest BCUT2D eigenvalue weighted by Crippen LogP contribution is -2.29. The minimum Gasteiger partial charge on any atom is -0.396 e. The van der Waals surface area contributed by atoms with Gasteiger partial charge in [-0.05, 0) is 12.1 Å². The molecule has 0 aliphatic rings. The largest absolute Gasteiger partial charge is 0.396 e. The van der Waals surface area contributed by atoms with E-state index in [1.165, 1.54) is 0 Å². The highest BCUT2D eigenvalue weighted by Gasteiger charge is 2.17. The van der Waals surface area contributed by atoms with E-state index in [1.54, 1.807) is 24.3 Å². The Kier molecular flexibility index (Phi) is 3.87. The Bertz CT molecular complexity index is 289. The molecule has 0 aromatic heterocycles. The van der Waals surface area contributed by atoms with Gasteiger partial charge in [-0.25, -0.2) is 0 Å². The summed E-state index contributed by atoms with van der Waals surface area (Å²) in [6, 6.07) is 8.90. The van der Waals surface area contributed by atoms with E-state index in [2.05, 4.69) is 5.32 Å². The molecule has 14 heavy (non-hydrogen) atoms. The summed E-state index contributed by atoms with van der Waals surface area (Å²) in [4.78, 5) is 10.1. The van der Waals surface area contributed by atoms with E-state index < -0.39 is 11.1 Å². The van der Waals surface area contributed by atoms with Gasteiger partial charge in [0, 0.05) is 10.6 Å². The van der Waals surface area contributed by atoms with Crippen molar-refractivity contribution in [2.45, 2.75) is 12.6 Å². The Balaban J connectivity index is 2.60. The van der Waals surface area contributed by atoms with E-state index >= 15 is 0 Å². The van der Waals surface area contributed by atoms with Crippen LogP contribution in [0.4, 0.5) is 5.69 Å². The molecule has 0 spiro atoms. The van der Waals surface area contributed by atoms with Crippen molar-refractivity contribution in [1.29, 1.82) is 0 Å². The summed E-state index contributed by atoms with van der Waals surface area (Å²) in [6.07, 6.45) is -0.829. The topological polar surface area (TPSA) is 75.4 Å². The van der Waals surface area contributed by atoms with Gasteiger partial charge in [0.2, 0.25) is 0 Å². The zero-order valence-corrected chi connectivity index (χ0v) is 7.59. The molecule has 0 saturated carbocycles. The second kappa shape index (κ2) is 5.18. The number of nitrogens with zero attached hydrogens (tertiary/aromatic N) is 1. The van der Waals surface area contributed by atoms with E-state index in [0.29, 0.717) is 5.69 Å². The maximum absolute atomic E-state index is 10.5. The summed E-state index contributed by atoms with van der Waals surface area (Å²) in [5, 5.41) is 21.9. The van der Waals surface area contributed by atoms with Crippen molar-refractivity contribution in [2.75, 3.05) is 11.9 Å². The van der Waals surface area contributed by atoms with Crippen LogP contribution in [0.5, 0.6) is 0 Å². The lowest BCUT2D eigenvalue weighted by molar-refractivity contribution is -0.516. The fourth-order valence-electron chi connectivity index (χ4n) is 1.08. The number of nitrogens with one attached hydrogen (secondary N) is 1. The Morgan fingerprint density at radius 1 is 1.43 bits per heavy atom. The molecule has 0 amide bonds. The summed E-state index contributed by atoms with van der Waals surface area (Å²) < 4.78 is 0. The zero-order chi connectivity index (χ0) is 10.4. The Labute approximate surface area is 81.5 Å². The van der Waals surface area contributed by atoms with Crippen LogP contribution in [0.25, 0.3) is 0 Å². The van der Waals surface area contributed by atoms with Crippen LogP contribution < -0.4 is 5.32 Å². The van der Waals surface area contributed by atoms with Gasteiger partial charge in [0.05, 0.1) is 13.0 Å². The molecule has 0 aliphatic carbocycles.